The number of hydrogen-bond acceptors (Lipinski definition) is 1. The molecule has 0 amide bonds. The van der Waals surface area contributed by atoms with Crippen molar-refractivity contribution in [1.29, 1.82) is 0 Å². The Morgan fingerprint density at radius 2 is 1.45 bits per heavy atom. The topological polar surface area (TPSA) is 9.23 Å². The molecule has 0 bridgehead atoms. The van der Waals surface area contributed by atoms with Gasteiger partial charge in [-0.15, -0.1) is 6.58 Å². The smallest absolute Gasteiger partial charge is 0.201 e. The van der Waals surface area contributed by atoms with Gasteiger partial charge in [-0.1, -0.05) is 48.6 Å². The van der Waals surface area contributed by atoms with Crippen LogP contribution in [-0.2, 0) is 0 Å². The largest absolute Gasteiger partial charge is 0.491 e. The van der Waals surface area contributed by atoms with Crippen molar-refractivity contribution in [2.24, 2.45) is 17.8 Å². The summed E-state index contributed by atoms with van der Waals surface area (Å²) in [6, 6.07) is 15.2. The molecule has 1 unspecified atom stereocenters. The summed E-state index contributed by atoms with van der Waals surface area (Å²) in [5, 5.41) is 0. The molecule has 0 radical (unpaired) electrons. The molecule has 0 saturated heterocycles. The van der Waals surface area contributed by atoms with Crippen molar-refractivity contribution >= 4 is 5.57 Å². The van der Waals surface area contributed by atoms with Gasteiger partial charge in [0.25, 0.3) is 0 Å². The van der Waals surface area contributed by atoms with Crippen LogP contribution in [0.25, 0.3) is 27.8 Å². The summed E-state index contributed by atoms with van der Waals surface area (Å²) >= 11 is 0. The molecule has 38 heavy (non-hydrogen) atoms. The minimum Gasteiger partial charge on any atom is -0.491 e. The van der Waals surface area contributed by atoms with Gasteiger partial charge in [-0.05, 0) is 110 Å². The van der Waals surface area contributed by atoms with Crippen molar-refractivity contribution in [3.63, 3.8) is 0 Å². The molecule has 4 heteroatoms. The molecule has 3 aromatic carbocycles. The maximum atomic E-state index is 15.2. The fraction of sp³-hybridized carbons (Fsp3) is 0.353. The molecule has 0 spiro atoms. The summed E-state index contributed by atoms with van der Waals surface area (Å²) in [4.78, 5) is 0. The van der Waals surface area contributed by atoms with E-state index in [1.807, 2.05) is 12.1 Å². The molecule has 0 aromatic heterocycles. The van der Waals surface area contributed by atoms with Crippen LogP contribution in [0.4, 0.5) is 13.2 Å². The Morgan fingerprint density at radius 3 is 2.05 bits per heavy atom. The van der Waals surface area contributed by atoms with Crippen LogP contribution >= 0.6 is 0 Å². The van der Waals surface area contributed by atoms with Gasteiger partial charge >= 0.3 is 0 Å². The second kappa shape index (κ2) is 11.6. The molecule has 1 saturated carbocycles. The van der Waals surface area contributed by atoms with Crippen LogP contribution in [0.15, 0.2) is 73.3 Å². The number of benzene rings is 3. The molecule has 1 fully saturated rings. The lowest BCUT2D eigenvalue weighted by molar-refractivity contribution is 0.212. The first kappa shape index (κ1) is 26.3. The van der Waals surface area contributed by atoms with Crippen LogP contribution in [0.3, 0.4) is 0 Å². The normalized spacial score (nSPS) is 21.6. The molecule has 3 aromatic rings. The zero-order valence-corrected chi connectivity index (χ0v) is 22.0. The highest BCUT2D eigenvalue weighted by Crippen LogP contribution is 2.42. The van der Waals surface area contributed by atoms with E-state index >= 15 is 4.39 Å². The third-order valence-corrected chi connectivity index (χ3v) is 8.46. The Morgan fingerprint density at radius 1 is 0.789 bits per heavy atom. The van der Waals surface area contributed by atoms with Crippen molar-refractivity contribution in [3.8, 4) is 28.0 Å². The molecule has 198 valence electrons. The van der Waals surface area contributed by atoms with Crippen LogP contribution < -0.4 is 4.74 Å². The minimum absolute atomic E-state index is 0.105. The van der Waals surface area contributed by atoms with Crippen LogP contribution in [0.2, 0.25) is 0 Å². The lowest BCUT2D eigenvalue weighted by Crippen LogP contribution is -2.22. The van der Waals surface area contributed by atoms with Gasteiger partial charge in [0.2, 0.25) is 5.82 Å². The average Bonchev–Trinajstić information content (AvgIpc) is 2.96. The number of halogens is 3. The summed E-state index contributed by atoms with van der Waals surface area (Å²) in [7, 11) is 0. The number of allylic oxidation sites excluding steroid dienone is 3. The molecule has 0 aliphatic heterocycles. The maximum absolute atomic E-state index is 15.2. The lowest BCUT2D eigenvalue weighted by atomic mass is 9.71. The molecule has 1 atom stereocenters. The highest BCUT2D eigenvalue weighted by atomic mass is 19.2. The third kappa shape index (κ3) is 5.45. The Labute approximate surface area is 224 Å². The fourth-order valence-electron chi connectivity index (χ4n) is 6.20. The highest BCUT2D eigenvalue weighted by Gasteiger charge is 2.28. The van der Waals surface area contributed by atoms with E-state index in [1.54, 1.807) is 37.3 Å². The summed E-state index contributed by atoms with van der Waals surface area (Å²) in [5.41, 5.74) is 4.03. The van der Waals surface area contributed by atoms with Crippen molar-refractivity contribution in [1.82, 2.24) is 0 Å². The number of rotatable bonds is 7. The molecular weight excluding hydrogens is 481 g/mol. The lowest BCUT2D eigenvalue weighted by Gasteiger charge is -2.34. The third-order valence-electron chi connectivity index (χ3n) is 8.46. The SMILES string of the molecule is C=CC1CCC(C2CC=C(c3ccc(-c4ccc(-c5ccc(OCC)c(F)c5F)cc4)c(F)c3)CC2)CC1. The first-order chi connectivity index (χ1) is 18.5. The Kier molecular flexibility index (Phi) is 8.06. The summed E-state index contributed by atoms with van der Waals surface area (Å²) in [5.74, 6) is -0.106. The first-order valence-electron chi connectivity index (χ1n) is 13.8. The first-order valence-corrected chi connectivity index (χ1v) is 13.8. The van der Waals surface area contributed by atoms with E-state index in [0.29, 0.717) is 22.6 Å². The number of hydrogen-bond donors (Lipinski definition) is 0. The van der Waals surface area contributed by atoms with Gasteiger partial charge in [-0.2, -0.15) is 4.39 Å². The van der Waals surface area contributed by atoms with Crippen LogP contribution in [0, 0.1) is 35.2 Å². The minimum atomic E-state index is -1.00. The van der Waals surface area contributed by atoms with Crippen molar-refractivity contribution in [2.75, 3.05) is 6.61 Å². The molecule has 0 N–H and O–H groups in total. The summed E-state index contributed by atoms with van der Waals surface area (Å²) in [6.07, 6.45) is 12.8. The van der Waals surface area contributed by atoms with Gasteiger partial charge in [0, 0.05) is 11.1 Å². The van der Waals surface area contributed by atoms with Gasteiger partial charge in [0.1, 0.15) is 5.82 Å². The van der Waals surface area contributed by atoms with Gasteiger partial charge < -0.3 is 4.74 Å². The number of ether oxygens (including phenoxy) is 1. The van der Waals surface area contributed by atoms with E-state index in [9.17, 15) is 8.78 Å². The molecule has 5 rings (SSSR count). The monoisotopic (exact) mass is 516 g/mol. The molecule has 2 aliphatic carbocycles. The van der Waals surface area contributed by atoms with Gasteiger partial charge in [-0.3, -0.25) is 0 Å². The van der Waals surface area contributed by atoms with Crippen molar-refractivity contribution in [3.05, 3.63) is 96.3 Å². The summed E-state index contributed by atoms with van der Waals surface area (Å²) < 4.78 is 49.3. The van der Waals surface area contributed by atoms with Gasteiger partial charge in [-0.25, -0.2) is 8.78 Å². The van der Waals surface area contributed by atoms with E-state index < -0.39 is 11.6 Å². The predicted octanol–water partition coefficient (Wildman–Crippen LogP) is 10.0. The zero-order chi connectivity index (χ0) is 26.6. The fourth-order valence-corrected chi connectivity index (χ4v) is 6.20. The second-order valence-corrected chi connectivity index (χ2v) is 10.6. The van der Waals surface area contributed by atoms with E-state index in [-0.39, 0.29) is 23.7 Å². The summed E-state index contributed by atoms with van der Waals surface area (Å²) in [6.45, 7) is 5.93. The second-order valence-electron chi connectivity index (χ2n) is 10.6. The van der Waals surface area contributed by atoms with E-state index in [1.165, 1.54) is 49.8 Å². The average molecular weight is 517 g/mol. The predicted molar refractivity (Wildman–Crippen MR) is 149 cm³/mol. The Balaban J connectivity index is 1.28. The zero-order valence-electron chi connectivity index (χ0n) is 22.0. The van der Waals surface area contributed by atoms with Gasteiger partial charge in [0.15, 0.2) is 11.6 Å². The van der Waals surface area contributed by atoms with E-state index in [0.717, 1.165) is 30.2 Å². The highest BCUT2D eigenvalue weighted by molar-refractivity contribution is 5.74. The Hall–Kier alpha value is -3.27. The standard InChI is InChI=1S/C34H35F3O/c1-3-22-5-7-23(8-6-22)24-9-11-25(12-10-24)28-17-18-29(31(35)21-28)26-13-15-27(16-14-26)30-19-20-32(38-4-2)34(37)33(30)36/h3,11,13-24H,1,4-10,12H2,2H3. The van der Waals surface area contributed by atoms with Crippen LogP contribution in [0.5, 0.6) is 5.75 Å². The van der Waals surface area contributed by atoms with E-state index in [2.05, 4.69) is 18.7 Å². The van der Waals surface area contributed by atoms with Gasteiger partial charge in [0.05, 0.1) is 6.61 Å². The van der Waals surface area contributed by atoms with Crippen molar-refractivity contribution in [2.45, 2.75) is 51.9 Å². The Bertz CT molecular complexity index is 1320. The van der Waals surface area contributed by atoms with Crippen LogP contribution in [0.1, 0.15) is 57.4 Å². The molecular formula is C34H35F3O. The molecule has 1 nitrogen and oxygen atoms in total. The quantitative estimate of drug-likeness (QED) is 0.284. The van der Waals surface area contributed by atoms with Crippen LogP contribution in [-0.4, -0.2) is 6.61 Å². The molecule has 0 heterocycles. The maximum Gasteiger partial charge on any atom is 0.201 e. The molecule has 2 aliphatic rings. The van der Waals surface area contributed by atoms with Crippen molar-refractivity contribution < 1.29 is 17.9 Å². The van der Waals surface area contributed by atoms with E-state index in [4.69, 9.17) is 4.74 Å².